The second-order valence-corrected chi connectivity index (χ2v) is 13.1. The lowest BCUT2D eigenvalue weighted by Crippen LogP contribution is -2.59. The highest BCUT2D eigenvalue weighted by atomic mass is 32.2. The lowest BCUT2D eigenvalue weighted by molar-refractivity contribution is -0.123. The summed E-state index contributed by atoms with van der Waals surface area (Å²) in [6.07, 6.45) is 4.10. The van der Waals surface area contributed by atoms with Crippen LogP contribution < -0.4 is 10.6 Å². The third-order valence-corrected chi connectivity index (χ3v) is 9.21. The third kappa shape index (κ3) is 6.10. The summed E-state index contributed by atoms with van der Waals surface area (Å²) in [6.45, 7) is 7.89. The van der Waals surface area contributed by atoms with E-state index in [4.69, 9.17) is 0 Å². The van der Waals surface area contributed by atoms with E-state index in [9.17, 15) is 17.6 Å². The number of aromatic nitrogens is 3. The van der Waals surface area contributed by atoms with Crippen molar-refractivity contribution in [2.75, 3.05) is 37.0 Å². The molecule has 0 aliphatic carbocycles. The lowest BCUT2D eigenvalue weighted by Gasteiger charge is -2.45. The molecule has 13 heteroatoms. The van der Waals surface area contributed by atoms with Crippen LogP contribution in [0.2, 0.25) is 0 Å². The zero-order chi connectivity index (χ0) is 31.1. The maximum Gasteiger partial charge on any atom is 0.241 e. The van der Waals surface area contributed by atoms with Crippen LogP contribution in [0.4, 0.5) is 26.1 Å². The molecule has 3 heterocycles. The van der Waals surface area contributed by atoms with Gasteiger partial charge >= 0.3 is 0 Å². The number of hydrogen-bond donors (Lipinski definition) is 3. The zero-order valence-corrected chi connectivity index (χ0v) is 25.5. The van der Waals surface area contributed by atoms with Crippen LogP contribution in [-0.4, -0.2) is 83.6 Å². The number of carbonyl (C=O) groups is 1. The monoisotopic (exact) mass is 611 g/mol. The number of halogens is 2. The van der Waals surface area contributed by atoms with Crippen LogP contribution in [0.3, 0.4) is 0 Å². The van der Waals surface area contributed by atoms with E-state index in [0.29, 0.717) is 40.7 Å². The molecule has 1 amide bonds. The Bertz CT molecular complexity index is 1770. The summed E-state index contributed by atoms with van der Waals surface area (Å²) in [6, 6.07) is 9.54. The molecule has 5 rings (SSSR count). The fourth-order valence-corrected chi connectivity index (χ4v) is 6.37. The molecule has 228 valence electrons. The van der Waals surface area contributed by atoms with Gasteiger partial charge in [-0.25, -0.2) is 27.2 Å². The molecule has 2 aromatic heterocycles. The number of anilines is 3. The number of para-hydroxylation sites is 1. The van der Waals surface area contributed by atoms with Gasteiger partial charge in [0.15, 0.2) is 21.5 Å². The largest absolute Gasteiger partial charge is 0.359 e. The molecule has 2 aromatic carbocycles. The topological polar surface area (TPSA) is 123 Å². The first-order valence-electron chi connectivity index (χ1n) is 14.0. The van der Waals surface area contributed by atoms with Crippen LogP contribution in [0.5, 0.6) is 0 Å². The fourth-order valence-electron chi connectivity index (χ4n) is 5.61. The Hall–Kier alpha value is -3.94. The number of amides is 1. The van der Waals surface area contributed by atoms with Gasteiger partial charge < -0.3 is 15.6 Å². The molecule has 0 spiro atoms. The van der Waals surface area contributed by atoms with Crippen molar-refractivity contribution in [3.63, 3.8) is 0 Å². The van der Waals surface area contributed by atoms with Gasteiger partial charge in [0, 0.05) is 48.6 Å². The SMILES string of the molecule is CC[C@@H](C(=O)Nc1cccc2c(-c3nc(Nc4cccc(S(C)(=O)=O)c4F)ncc3F)c[nH]c12)N1C[C@H](C)N(C)[C@@H](C)C1. The Kier molecular flexibility index (Phi) is 8.50. The third-order valence-electron chi connectivity index (χ3n) is 8.10. The van der Waals surface area contributed by atoms with E-state index >= 15 is 4.39 Å². The number of fused-ring (bicyclic) bond motifs is 1. The van der Waals surface area contributed by atoms with Crippen molar-refractivity contribution in [2.45, 2.75) is 50.2 Å². The van der Waals surface area contributed by atoms with Gasteiger partial charge in [-0.3, -0.25) is 14.6 Å². The van der Waals surface area contributed by atoms with Gasteiger partial charge in [-0.05, 0) is 45.5 Å². The van der Waals surface area contributed by atoms with Crippen LogP contribution >= 0.6 is 0 Å². The van der Waals surface area contributed by atoms with E-state index in [0.717, 1.165) is 31.6 Å². The summed E-state index contributed by atoms with van der Waals surface area (Å²) in [5, 5.41) is 6.33. The van der Waals surface area contributed by atoms with Crippen molar-refractivity contribution >= 4 is 44.0 Å². The minimum Gasteiger partial charge on any atom is -0.359 e. The minimum atomic E-state index is -3.81. The number of nitrogens with zero attached hydrogens (tertiary/aromatic N) is 4. The predicted molar refractivity (Wildman–Crippen MR) is 163 cm³/mol. The van der Waals surface area contributed by atoms with Gasteiger partial charge in [-0.1, -0.05) is 25.1 Å². The molecule has 4 aromatic rings. The molecule has 1 aliphatic heterocycles. The number of carbonyl (C=O) groups excluding carboxylic acids is 1. The van der Waals surface area contributed by atoms with Crippen LogP contribution in [0.15, 0.2) is 53.7 Å². The van der Waals surface area contributed by atoms with Crippen molar-refractivity contribution in [2.24, 2.45) is 0 Å². The average molecular weight is 612 g/mol. The van der Waals surface area contributed by atoms with E-state index in [1.807, 2.05) is 6.92 Å². The Morgan fingerprint density at radius 1 is 1.12 bits per heavy atom. The summed E-state index contributed by atoms with van der Waals surface area (Å²) in [5.41, 5.74) is 1.33. The summed E-state index contributed by atoms with van der Waals surface area (Å²) >= 11 is 0. The molecular weight excluding hydrogens is 576 g/mol. The molecule has 0 saturated carbocycles. The highest BCUT2D eigenvalue weighted by Gasteiger charge is 2.33. The molecule has 0 radical (unpaired) electrons. The van der Waals surface area contributed by atoms with Crippen LogP contribution in [0.25, 0.3) is 22.2 Å². The number of benzene rings is 2. The maximum atomic E-state index is 15.1. The van der Waals surface area contributed by atoms with Gasteiger partial charge in [-0.2, -0.15) is 0 Å². The van der Waals surface area contributed by atoms with Crippen LogP contribution in [-0.2, 0) is 14.6 Å². The van der Waals surface area contributed by atoms with E-state index in [1.54, 1.807) is 24.4 Å². The highest BCUT2D eigenvalue weighted by Crippen LogP contribution is 2.34. The van der Waals surface area contributed by atoms with Crippen molar-refractivity contribution in [1.82, 2.24) is 24.8 Å². The number of H-pyrrole nitrogens is 1. The standard InChI is InChI=1S/C30H35F2N7O3S/c1-6-24(39-15-17(2)38(4)18(3)16-39)29(40)35-23-11-7-9-19-20(13-33-28(19)23)27-21(31)14-34-30(37-27)36-22-10-8-12-25(26(22)32)43(5,41)42/h7-14,17-18,24,33H,6,15-16H2,1-5H3,(H,35,40)(H,34,36,37)/t17-,18-,24-/m0/s1. The van der Waals surface area contributed by atoms with Crippen LogP contribution in [0.1, 0.15) is 27.2 Å². The average Bonchev–Trinajstić information content (AvgIpc) is 3.38. The van der Waals surface area contributed by atoms with Gasteiger partial charge in [0.05, 0.1) is 29.1 Å². The molecular formula is C30H35F2N7O3S. The van der Waals surface area contributed by atoms with Gasteiger partial charge in [0.2, 0.25) is 11.9 Å². The number of aromatic amines is 1. The summed E-state index contributed by atoms with van der Waals surface area (Å²) in [7, 11) is -1.71. The van der Waals surface area contributed by atoms with Gasteiger partial charge in [0.25, 0.3) is 0 Å². The Morgan fingerprint density at radius 3 is 2.47 bits per heavy atom. The summed E-state index contributed by atoms with van der Waals surface area (Å²) in [4.78, 5) is 28.9. The molecule has 1 aliphatic rings. The molecule has 10 nitrogen and oxygen atoms in total. The molecule has 3 N–H and O–H groups in total. The van der Waals surface area contributed by atoms with Crippen molar-refractivity contribution < 1.29 is 22.0 Å². The zero-order valence-electron chi connectivity index (χ0n) is 24.6. The van der Waals surface area contributed by atoms with Crippen molar-refractivity contribution in [3.8, 4) is 11.3 Å². The van der Waals surface area contributed by atoms with Crippen molar-refractivity contribution in [3.05, 3.63) is 60.4 Å². The van der Waals surface area contributed by atoms with Crippen LogP contribution in [0, 0.1) is 11.6 Å². The summed E-state index contributed by atoms with van der Waals surface area (Å²) in [5.74, 6) is -1.94. The first-order valence-corrected chi connectivity index (χ1v) is 15.9. The molecule has 43 heavy (non-hydrogen) atoms. The number of piperazine rings is 1. The second kappa shape index (κ2) is 12.0. The number of rotatable bonds is 8. The molecule has 1 saturated heterocycles. The maximum absolute atomic E-state index is 15.1. The minimum absolute atomic E-state index is 0.0567. The van der Waals surface area contributed by atoms with Gasteiger partial charge in [-0.15, -0.1) is 0 Å². The van der Waals surface area contributed by atoms with E-state index < -0.39 is 26.4 Å². The Balaban J connectivity index is 1.42. The molecule has 1 fully saturated rings. The lowest BCUT2D eigenvalue weighted by atomic mass is 10.0. The first kappa shape index (κ1) is 30.5. The number of nitrogens with one attached hydrogen (secondary N) is 3. The Morgan fingerprint density at radius 2 is 1.79 bits per heavy atom. The number of hydrogen-bond acceptors (Lipinski definition) is 8. The number of sulfone groups is 1. The number of likely N-dealkylation sites (N-methyl/N-ethyl adjacent to an activating group) is 1. The fraction of sp³-hybridized carbons (Fsp3) is 0.367. The Labute approximate surface area is 249 Å². The quantitative estimate of drug-likeness (QED) is 0.260. The normalized spacial score (nSPS) is 19.0. The highest BCUT2D eigenvalue weighted by molar-refractivity contribution is 7.90. The second-order valence-electron chi connectivity index (χ2n) is 11.1. The van der Waals surface area contributed by atoms with Crippen molar-refractivity contribution in [1.29, 1.82) is 0 Å². The summed E-state index contributed by atoms with van der Waals surface area (Å²) < 4.78 is 53.8. The predicted octanol–water partition coefficient (Wildman–Crippen LogP) is 4.79. The first-order chi connectivity index (χ1) is 20.4. The van der Waals surface area contributed by atoms with Gasteiger partial charge in [0.1, 0.15) is 10.6 Å². The molecule has 0 bridgehead atoms. The van der Waals surface area contributed by atoms with E-state index in [2.05, 4.69) is 56.3 Å². The van der Waals surface area contributed by atoms with E-state index in [-0.39, 0.29) is 29.3 Å². The van der Waals surface area contributed by atoms with E-state index in [1.165, 1.54) is 12.1 Å². The molecule has 3 atom stereocenters. The smallest absolute Gasteiger partial charge is 0.241 e. The molecule has 0 unspecified atom stereocenters.